The fourth-order valence-corrected chi connectivity index (χ4v) is 2.16. The summed E-state index contributed by atoms with van der Waals surface area (Å²) in [4.78, 5) is 8.91. The number of aromatic nitrogens is 2. The normalized spacial score (nSPS) is 12.8. The van der Waals surface area contributed by atoms with E-state index in [0.717, 1.165) is 36.7 Å². The summed E-state index contributed by atoms with van der Waals surface area (Å²) >= 11 is 0. The number of rotatable bonds is 5. The Hall–Kier alpha value is -1.31. The van der Waals surface area contributed by atoms with Gasteiger partial charge in [0, 0.05) is 38.4 Å². The molecule has 122 valence electrons. The van der Waals surface area contributed by atoms with Crippen molar-refractivity contribution in [2.24, 2.45) is 4.99 Å². The first-order chi connectivity index (χ1) is 10.1. The molecule has 22 heavy (non-hydrogen) atoms. The van der Waals surface area contributed by atoms with Crippen molar-refractivity contribution in [2.75, 3.05) is 13.6 Å². The van der Waals surface area contributed by atoms with Gasteiger partial charge in [-0.1, -0.05) is 13.0 Å². The molecular weight excluding hydrogens is 389 g/mol. The highest BCUT2D eigenvalue weighted by atomic mass is 127. The number of nitrogens with one attached hydrogen (secondary N) is 2. The molecule has 2 N–H and O–H groups in total. The standard InChI is InChI=1S/C16H25N5.HI/c1-5-13(3)19-16(17-4)18-9-8-14-11-21-10-6-7-12(2)15(21)20-14;/h6-7,10-11,13H,5,8-9H2,1-4H3,(H2,17,18,19);1H. The molecule has 6 heteroatoms. The molecule has 0 saturated carbocycles. The molecular formula is C16H26IN5. The maximum atomic E-state index is 4.67. The minimum Gasteiger partial charge on any atom is -0.356 e. The van der Waals surface area contributed by atoms with Crippen molar-refractivity contribution in [3.8, 4) is 0 Å². The minimum absolute atomic E-state index is 0. The van der Waals surface area contributed by atoms with E-state index in [1.165, 1.54) is 5.56 Å². The van der Waals surface area contributed by atoms with Crippen LogP contribution in [0.25, 0.3) is 5.65 Å². The van der Waals surface area contributed by atoms with Crippen LogP contribution < -0.4 is 10.6 Å². The summed E-state index contributed by atoms with van der Waals surface area (Å²) in [5.41, 5.74) is 3.33. The first-order valence-corrected chi connectivity index (χ1v) is 7.54. The largest absolute Gasteiger partial charge is 0.356 e. The van der Waals surface area contributed by atoms with Crippen LogP contribution in [0.5, 0.6) is 0 Å². The SMILES string of the molecule is CCC(C)NC(=NC)NCCc1cn2cccc(C)c2n1.I. The van der Waals surface area contributed by atoms with Gasteiger partial charge in [0.15, 0.2) is 5.96 Å². The van der Waals surface area contributed by atoms with E-state index in [9.17, 15) is 0 Å². The number of aliphatic imine (C=N–C) groups is 1. The second kappa shape index (κ2) is 8.97. The van der Waals surface area contributed by atoms with Gasteiger partial charge in [-0.2, -0.15) is 0 Å². The summed E-state index contributed by atoms with van der Waals surface area (Å²) in [6.45, 7) is 7.21. The van der Waals surface area contributed by atoms with Gasteiger partial charge in [-0.25, -0.2) is 4.98 Å². The Bertz CT molecular complexity index is 620. The van der Waals surface area contributed by atoms with E-state index in [2.05, 4.69) is 58.0 Å². The first-order valence-electron chi connectivity index (χ1n) is 7.54. The van der Waals surface area contributed by atoms with Crippen LogP contribution in [0.3, 0.4) is 0 Å². The monoisotopic (exact) mass is 415 g/mol. The highest BCUT2D eigenvalue weighted by Crippen LogP contribution is 2.09. The zero-order chi connectivity index (χ0) is 15.2. The molecule has 0 fully saturated rings. The molecule has 0 bridgehead atoms. The number of guanidine groups is 1. The fourth-order valence-electron chi connectivity index (χ4n) is 2.16. The third-order valence-corrected chi connectivity index (χ3v) is 3.62. The maximum absolute atomic E-state index is 4.67. The van der Waals surface area contributed by atoms with Gasteiger partial charge >= 0.3 is 0 Å². The smallest absolute Gasteiger partial charge is 0.191 e. The molecule has 0 saturated heterocycles. The number of aryl methyl sites for hydroxylation is 1. The van der Waals surface area contributed by atoms with Crippen molar-refractivity contribution in [1.82, 2.24) is 20.0 Å². The summed E-state index contributed by atoms with van der Waals surface area (Å²) in [6, 6.07) is 4.56. The predicted molar refractivity (Wildman–Crippen MR) is 103 cm³/mol. The molecule has 0 amide bonds. The third kappa shape index (κ3) is 4.86. The van der Waals surface area contributed by atoms with Gasteiger partial charge in [0.2, 0.25) is 0 Å². The van der Waals surface area contributed by atoms with Crippen molar-refractivity contribution < 1.29 is 0 Å². The van der Waals surface area contributed by atoms with Crippen molar-refractivity contribution in [3.05, 3.63) is 35.8 Å². The molecule has 0 aliphatic carbocycles. The number of nitrogens with zero attached hydrogens (tertiary/aromatic N) is 3. The summed E-state index contributed by atoms with van der Waals surface area (Å²) < 4.78 is 2.08. The lowest BCUT2D eigenvalue weighted by atomic mass is 10.3. The van der Waals surface area contributed by atoms with Crippen LogP contribution in [-0.4, -0.2) is 35.0 Å². The van der Waals surface area contributed by atoms with E-state index in [1.54, 1.807) is 7.05 Å². The molecule has 0 aliphatic heterocycles. The van der Waals surface area contributed by atoms with Gasteiger partial charge in [0.1, 0.15) is 5.65 Å². The Morgan fingerprint density at radius 2 is 2.23 bits per heavy atom. The lowest BCUT2D eigenvalue weighted by Crippen LogP contribution is -2.42. The van der Waals surface area contributed by atoms with Crippen LogP contribution in [0.4, 0.5) is 0 Å². The van der Waals surface area contributed by atoms with Crippen molar-refractivity contribution >= 4 is 35.6 Å². The molecule has 0 radical (unpaired) electrons. The average Bonchev–Trinajstić information content (AvgIpc) is 2.90. The van der Waals surface area contributed by atoms with Gasteiger partial charge < -0.3 is 15.0 Å². The van der Waals surface area contributed by atoms with E-state index in [4.69, 9.17) is 0 Å². The van der Waals surface area contributed by atoms with Gasteiger partial charge in [-0.05, 0) is 31.9 Å². The van der Waals surface area contributed by atoms with Crippen LogP contribution in [0.15, 0.2) is 29.5 Å². The molecule has 0 spiro atoms. The first kappa shape index (κ1) is 18.7. The Balaban J connectivity index is 0.00000242. The molecule has 2 rings (SSSR count). The van der Waals surface area contributed by atoms with Crippen molar-refractivity contribution in [3.63, 3.8) is 0 Å². The Kier molecular flexibility index (Phi) is 7.64. The quantitative estimate of drug-likeness (QED) is 0.449. The van der Waals surface area contributed by atoms with Crippen LogP contribution in [-0.2, 0) is 6.42 Å². The van der Waals surface area contributed by atoms with Crippen molar-refractivity contribution in [2.45, 2.75) is 39.7 Å². The number of halogens is 1. The number of hydrogen-bond donors (Lipinski definition) is 2. The molecule has 1 unspecified atom stereocenters. The number of pyridine rings is 1. The third-order valence-electron chi connectivity index (χ3n) is 3.62. The zero-order valence-electron chi connectivity index (χ0n) is 13.8. The zero-order valence-corrected chi connectivity index (χ0v) is 16.1. The van der Waals surface area contributed by atoms with Crippen molar-refractivity contribution in [1.29, 1.82) is 0 Å². The molecule has 0 aliphatic rings. The predicted octanol–water partition coefficient (Wildman–Crippen LogP) is 2.77. The molecule has 2 heterocycles. The van der Waals surface area contributed by atoms with E-state index in [0.29, 0.717) is 6.04 Å². The molecule has 1 atom stereocenters. The topological polar surface area (TPSA) is 53.7 Å². The Morgan fingerprint density at radius 3 is 2.86 bits per heavy atom. The Labute approximate surface area is 149 Å². The van der Waals surface area contributed by atoms with E-state index < -0.39 is 0 Å². The highest BCUT2D eigenvalue weighted by Gasteiger charge is 2.05. The van der Waals surface area contributed by atoms with E-state index >= 15 is 0 Å². The second-order valence-corrected chi connectivity index (χ2v) is 5.36. The fraction of sp³-hybridized carbons (Fsp3) is 0.500. The number of hydrogen-bond acceptors (Lipinski definition) is 2. The summed E-state index contributed by atoms with van der Waals surface area (Å²) in [5, 5.41) is 6.68. The van der Waals surface area contributed by atoms with Crippen LogP contribution in [0.1, 0.15) is 31.5 Å². The van der Waals surface area contributed by atoms with Gasteiger partial charge in [-0.3, -0.25) is 4.99 Å². The summed E-state index contributed by atoms with van der Waals surface area (Å²) in [7, 11) is 1.80. The maximum Gasteiger partial charge on any atom is 0.191 e. The van der Waals surface area contributed by atoms with Gasteiger partial charge in [-0.15, -0.1) is 24.0 Å². The second-order valence-electron chi connectivity index (χ2n) is 5.36. The molecule has 2 aromatic rings. The highest BCUT2D eigenvalue weighted by molar-refractivity contribution is 14.0. The van der Waals surface area contributed by atoms with Crippen LogP contribution in [0, 0.1) is 6.92 Å². The molecule has 5 nitrogen and oxygen atoms in total. The van der Waals surface area contributed by atoms with E-state index in [1.807, 2.05) is 12.3 Å². The van der Waals surface area contributed by atoms with Crippen LogP contribution in [0.2, 0.25) is 0 Å². The summed E-state index contributed by atoms with van der Waals surface area (Å²) in [5.74, 6) is 0.851. The number of imidazole rings is 1. The average molecular weight is 415 g/mol. The molecule has 0 aromatic carbocycles. The summed E-state index contributed by atoms with van der Waals surface area (Å²) in [6.07, 6.45) is 6.08. The number of fused-ring (bicyclic) bond motifs is 1. The lowest BCUT2D eigenvalue weighted by Gasteiger charge is -2.16. The van der Waals surface area contributed by atoms with E-state index in [-0.39, 0.29) is 24.0 Å². The van der Waals surface area contributed by atoms with Gasteiger partial charge in [0.05, 0.1) is 5.69 Å². The van der Waals surface area contributed by atoms with Crippen LogP contribution >= 0.6 is 24.0 Å². The Morgan fingerprint density at radius 1 is 1.45 bits per heavy atom. The van der Waals surface area contributed by atoms with Gasteiger partial charge in [0.25, 0.3) is 0 Å². The lowest BCUT2D eigenvalue weighted by molar-refractivity contribution is 0.624. The minimum atomic E-state index is 0. The molecule has 2 aromatic heterocycles.